The summed E-state index contributed by atoms with van der Waals surface area (Å²) in [6, 6.07) is 9.73. The van der Waals surface area contributed by atoms with Gasteiger partial charge in [-0.15, -0.1) is 0 Å². The topological polar surface area (TPSA) is 65.6 Å². The van der Waals surface area contributed by atoms with Crippen molar-refractivity contribution >= 4 is 11.8 Å². The Labute approximate surface area is 131 Å². The van der Waals surface area contributed by atoms with E-state index in [2.05, 4.69) is 15.0 Å². The Hall–Kier alpha value is -2.47. The van der Waals surface area contributed by atoms with Crippen molar-refractivity contribution in [2.24, 2.45) is 0 Å². The first-order chi connectivity index (χ1) is 10.8. The smallest absolute Gasteiger partial charge is 0.359 e. The number of aromatic nitrogens is 4. The molecule has 0 aliphatic carbocycles. The molecule has 2 aromatic heterocycles. The molecule has 3 heterocycles. The molecular weight excluding hydrogens is 296 g/mol. The summed E-state index contributed by atoms with van der Waals surface area (Å²) in [5, 5.41) is 13.0. The van der Waals surface area contributed by atoms with E-state index in [1.807, 2.05) is 53.5 Å². The van der Waals surface area contributed by atoms with Crippen molar-refractivity contribution in [1.82, 2.24) is 15.0 Å². The molecule has 1 unspecified atom stereocenters. The average molecular weight is 308 g/mol. The minimum atomic E-state index is -0.185. The Morgan fingerprint density at radius 1 is 1.14 bits per heavy atom. The van der Waals surface area contributed by atoms with Gasteiger partial charge in [-0.25, -0.2) is 14.5 Å². The standard InChI is InChI=1S/C16H12N4OS/c21-15-13(11-4-2-1-3-5-11)8-20-14(9-22-16(20)19-15)12-6-17-10-18-7-12/h1-8,10,14H,9H2. The Morgan fingerprint density at radius 3 is 2.68 bits per heavy atom. The van der Waals surface area contributed by atoms with Gasteiger partial charge in [-0.3, -0.25) is 0 Å². The minimum Gasteiger partial charge on any atom is -0.839 e. The molecule has 4 rings (SSSR count). The molecule has 0 bridgehead atoms. The number of benzene rings is 1. The second-order valence-corrected chi connectivity index (χ2v) is 6.00. The van der Waals surface area contributed by atoms with Crippen LogP contribution in [-0.2, 0) is 0 Å². The fourth-order valence-electron chi connectivity index (χ4n) is 2.57. The van der Waals surface area contributed by atoms with Gasteiger partial charge in [-0.2, -0.15) is 0 Å². The normalized spacial score (nSPS) is 16.5. The van der Waals surface area contributed by atoms with E-state index in [0.717, 1.165) is 22.0 Å². The van der Waals surface area contributed by atoms with Crippen molar-refractivity contribution in [3.63, 3.8) is 0 Å². The van der Waals surface area contributed by atoms with Crippen molar-refractivity contribution in [3.05, 3.63) is 60.8 Å². The van der Waals surface area contributed by atoms with Gasteiger partial charge in [-0.05, 0) is 22.3 Å². The Balaban J connectivity index is 1.83. The highest BCUT2D eigenvalue weighted by Gasteiger charge is 2.33. The quantitative estimate of drug-likeness (QED) is 0.531. The highest BCUT2D eigenvalue weighted by Crippen LogP contribution is 2.33. The number of rotatable bonds is 2. The average Bonchev–Trinajstić information content (AvgIpc) is 2.98. The number of nitrogens with zero attached hydrogens (tertiary/aromatic N) is 4. The number of hydrogen-bond acceptors (Lipinski definition) is 5. The van der Waals surface area contributed by atoms with Crippen molar-refractivity contribution in [3.8, 4) is 17.0 Å². The van der Waals surface area contributed by atoms with Crippen molar-refractivity contribution in [2.45, 2.75) is 11.2 Å². The van der Waals surface area contributed by atoms with Gasteiger partial charge >= 0.3 is 5.16 Å². The van der Waals surface area contributed by atoms with E-state index in [9.17, 15) is 5.11 Å². The molecule has 22 heavy (non-hydrogen) atoms. The fraction of sp³-hybridized carbons (Fsp3) is 0.125. The third-order valence-corrected chi connectivity index (χ3v) is 4.72. The first kappa shape index (κ1) is 13.2. The van der Waals surface area contributed by atoms with Crippen molar-refractivity contribution < 1.29 is 9.67 Å². The van der Waals surface area contributed by atoms with Crippen LogP contribution >= 0.6 is 11.8 Å². The molecule has 6 heteroatoms. The van der Waals surface area contributed by atoms with Crippen LogP contribution in [0.3, 0.4) is 0 Å². The zero-order chi connectivity index (χ0) is 14.9. The van der Waals surface area contributed by atoms with E-state index in [-0.39, 0.29) is 11.9 Å². The molecule has 0 saturated heterocycles. The molecule has 0 N–H and O–H groups in total. The molecule has 1 aliphatic heterocycles. The SMILES string of the molecule is [O-]c1nc2[n+](cc1-c1ccccc1)C(c1cncnc1)CS2. The fourth-order valence-corrected chi connectivity index (χ4v) is 3.71. The van der Waals surface area contributed by atoms with Crippen LogP contribution in [0.5, 0.6) is 5.88 Å². The van der Waals surface area contributed by atoms with Crippen LogP contribution in [0.1, 0.15) is 11.6 Å². The lowest BCUT2D eigenvalue weighted by atomic mass is 10.1. The lowest BCUT2D eigenvalue weighted by molar-refractivity contribution is -0.743. The first-order valence-electron chi connectivity index (χ1n) is 6.89. The lowest BCUT2D eigenvalue weighted by Gasteiger charge is -2.12. The predicted octanol–water partition coefficient (Wildman–Crippen LogP) is 1.59. The second kappa shape index (κ2) is 5.38. The monoisotopic (exact) mass is 308 g/mol. The summed E-state index contributed by atoms with van der Waals surface area (Å²) < 4.78 is 2.05. The van der Waals surface area contributed by atoms with Gasteiger partial charge < -0.3 is 5.11 Å². The van der Waals surface area contributed by atoms with Crippen LogP contribution in [0.25, 0.3) is 11.1 Å². The van der Waals surface area contributed by atoms with Gasteiger partial charge in [0.2, 0.25) is 0 Å². The lowest BCUT2D eigenvalue weighted by Crippen LogP contribution is -2.40. The molecule has 1 aromatic carbocycles. The molecule has 0 radical (unpaired) electrons. The molecular formula is C16H12N4OS. The number of hydrogen-bond donors (Lipinski definition) is 0. The number of fused-ring (bicyclic) bond motifs is 1. The molecule has 0 saturated carbocycles. The van der Waals surface area contributed by atoms with E-state index in [4.69, 9.17) is 0 Å². The zero-order valence-corrected chi connectivity index (χ0v) is 12.4. The first-order valence-corrected chi connectivity index (χ1v) is 7.88. The van der Waals surface area contributed by atoms with Crippen LogP contribution < -0.4 is 9.67 Å². The predicted molar refractivity (Wildman–Crippen MR) is 80.2 cm³/mol. The molecule has 3 aromatic rings. The highest BCUT2D eigenvalue weighted by molar-refractivity contribution is 7.99. The summed E-state index contributed by atoms with van der Waals surface area (Å²) in [4.78, 5) is 12.4. The van der Waals surface area contributed by atoms with E-state index >= 15 is 0 Å². The maximum absolute atomic E-state index is 12.3. The van der Waals surface area contributed by atoms with Crippen LogP contribution in [-0.4, -0.2) is 20.7 Å². The molecule has 108 valence electrons. The van der Waals surface area contributed by atoms with E-state index in [0.29, 0.717) is 5.56 Å². The Kier molecular flexibility index (Phi) is 3.23. The van der Waals surface area contributed by atoms with Crippen LogP contribution in [0.2, 0.25) is 0 Å². The molecule has 5 nitrogen and oxygen atoms in total. The minimum absolute atomic E-state index is 0.108. The van der Waals surface area contributed by atoms with Gasteiger partial charge in [0.05, 0.1) is 11.3 Å². The van der Waals surface area contributed by atoms with Crippen molar-refractivity contribution in [2.75, 3.05) is 5.75 Å². The summed E-state index contributed by atoms with van der Waals surface area (Å²) in [7, 11) is 0. The molecule has 0 fully saturated rings. The van der Waals surface area contributed by atoms with Gasteiger partial charge in [0, 0.05) is 18.0 Å². The van der Waals surface area contributed by atoms with Crippen LogP contribution in [0.15, 0.2) is 60.4 Å². The van der Waals surface area contributed by atoms with Crippen LogP contribution in [0.4, 0.5) is 0 Å². The zero-order valence-electron chi connectivity index (χ0n) is 11.6. The van der Waals surface area contributed by atoms with Gasteiger partial charge in [0.15, 0.2) is 0 Å². The summed E-state index contributed by atoms with van der Waals surface area (Å²) in [5.41, 5.74) is 2.53. The Morgan fingerprint density at radius 2 is 1.91 bits per heavy atom. The summed E-state index contributed by atoms with van der Waals surface area (Å²) in [6.07, 6.45) is 7.05. The maximum Gasteiger partial charge on any atom is 0.359 e. The second-order valence-electron chi connectivity index (χ2n) is 5.01. The molecule has 0 spiro atoms. The molecule has 1 atom stereocenters. The van der Waals surface area contributed by atoms with Crippen LogP contribution in [0, 0.1) is 0 Å². The van der Waals surface area contributed by atoms with Gasteiger partial charge in [0.25, 0.3) is 0 Å². The van der Waals surface area contributed by atoms with E-state index < -0.39 is 0 Å². The highest BCUT2D eigenvalue weighted by atomic mass is 32.2. The largest absolute Gasteiger partial charge is 0.839 e. The summed E-state index contributed by atoms with van der Waals surface area (Å²) >= 11 is 1.59. The number of thioether (sulfide) groups is 1. The molecule has 1 aliphatic rings. The maximum atomic E-state index is 12.3. The Bertz CT molecular complexity index is 811. The summed E-state index contributed by atoms with van der Waals surface area (Å²) in [5.74, 6) is 0.646. The third kappa shape index (κ3) is 2.21. The van der Waals surface area contributed by atoms with Crippen molar-refractivity contribution in [1.29, 1.82) is 0 Å². The van der Waals surface area contributed by atoms with Gasteiger partial charge in [0.1, 0.15) is 24.4 Å². The summed E-state index contributed by atoms with van der Waals surface area (Å²) in [6.45, 7) is 0. The van der Waals surface area contributed by atoms with Gasteiger partial charge in [-0.1, -0.05) is 30.3 Å². The van der Waals surface area contributed by atoms with E-state index in [1.165, 1.54) is 6.33 Å². The third-order valence-electron chi connectivity index (χ3n) is 3.67. The molecule has 0 amide bonds. The van der Waals surface area contributed by atoms with E-state index in [1.54, 1.807) is 11.8 Å².